The van der Waals surface area contributed by atoms with E-state index in [0.29, 0.717) is 6.54 Å². The van der Waals surface area contributed by atoms with Gasteiger partial charge in [0.2, 0.25) is 5.95 Å². The number of nitro benzene ring substituents is 1. The van der Waals surface area contributed by atoms with Crippen LogP contribution in [-0.4, -0.2) is 71.4 Å². The average molecular weight is 794 g/mol. The summed E-state index contributed by atoms with van der Waals surface area (Å²) < 4.78 is 59.5. The quantitative estimate of drug-likeness (QED) is 0.0501. The number of anilines is 1. The van der Waals surface area contributed by atoms with Crippen molar-refractivity contribution in [2.75, 3.05) is 25.9 Å². The van der Waals surface area contributed by atoms with Gasteiger partial charge in [0, 0.05) is 18.8 Å². The number of hydrogen-bond donors (Lipinski definition) is 8. The van der Waals surface area contributed by atoms with Crippen LogP contribution < -0.4 is 21.9 Å². The van der Waals surface area contributed by atoms with Crippen LogP contribution in [0.15, 0.2) is 29.2 Å². The van der Waals surface area contributed by atoms with E-state index in [4.69, 9.17) is 29.5 Å². The van der Waals surface area contributed by atoms with Crippen molar-refractivity contribution in [3.05, 3.63) is 61.6 Å². The standard InChI is InChI=1S/C26H34N7O16P3/c1-14-9-21(47-20(14)13-45-51(41,42)49-52(43,44)48-50(38,39)40)32-12-17(22-23(32)30-25(27)31-24(22)34)5-4-8-29-26(35)46-15(2)18-10-16(11-28-3)6-7-19(18)33(36)37/h6-7,10,12,14-15,20-21,28H,8-9,11,13H2,1-3H3,(H,29,35)(H,41,42)(H,43,44)(H2,38,39,40)(H3,27,30,31,34)/t14?,15?,20-,21-/m1/s1. The van der Waals surface area contributed by atoms with Crippen molar-refractivity contribution in [2.24, 2.45) is 5.92 Å². The highest BCUT2D eigenvalue weighted by Gasteiger charge is 2.42. The molecule has 9 N–H and O–H groups in total. The number of aromatic amines is 1. The number of fused-ring (bicyclic) bond motifs is 1. The summed E-state index contributed by atoms with van der Waals surface area (Å²) in [4.78, 5) is 79.5. The van der Waals surface area contributed by atoms with Gasteiger partial charge in [-0.1, -0.05) is 24.8 Å². The average Bonchev–Trinajstić information content (AvgIpc) is 3.56. The molecule has 0 aliphatic carbocycles. The summed E-state index contributed by atoms with van der Waals surface area (Å²) in [6.45, 7) is 2.63. The first-order valence-electron chi connectivity index (χ1n) is 14.9. The van der Waals surface area contributed by atoms with Gasteiger partial charge in [-0.3, -0.25) is 24.4 Å². The second kappa shape index (κ2) is 16.3. The van der Waals surface area contributed by atoms with Gasteiger partial charge in [0.05, 0.1) is 40.7 Å². The van der Waals surface area contributed by atoms with Crippen molar-refractivity contribution in [1.82, 2.24) is 25.2 Å². The van der Waals surface area contributed by atoms with Crippen molar-refractivity contribution in [3.63, 3.8) is 0 Å². The highest BCUT2D eigenvalue weighted by atomic mass is 31.3. The van der Waals surface area contributed by atoms with Crippen LogP contribution in [0, 0.1) is 27.9 Å². The van der Waals surface area contributed by atoms with Crippen LogP contribution in [0.25, 0.3) is 11.0 Å². The number of nitrogen functional groups attached to an aromatic ring is 1. The molecule has 4 unspecified atom stereocenters. The Morgan fingerprint density at radius 1 is 1.25 bits per heavy atom. The van der Waals surface area contributed by atoms with Gasteiger partial charge in [0.25, 0.3) is 11.2 Å². The zero-order valence-corrected chi connectivity index (χ0v) is 30.1. The SMILES string of the molecule is CNCc1ccc([N+](=O)[O-])c(C(C)OC(=O)NCC#Cc2cn([C@H]3CC(C)[C@@H](COP(=O)(O)OP(=O)(O)OP(=O)(O)O)O3)c3nc(N)[nH]c(=O)c23)c1. The molecule has 0 radical (unpaired) electrons. The third kappa shape index (κ3) is 10.8. The number of nitrogens with one attached hydrogen (secondary N) is 3. The topological polar surface area (TPSA) is 339 Å². The van der Waals surface area contributed by atoms with Crippen LogP contribution in [0.3, 0.4) is 0 Å². The molecule has 26 heteroatoms. The maximum Gasteiger partial charge on any atom is 0.490 e. The van der Waals surface area contributed by atoms with Crippen LogP contribution in [-0.2, 0) is 42.9 Å². The Labute approximate surface area is 293 Å². The van der Waals surface area contributed by atoms with E-state index in [1.807, 2.05) is 0 Å². The Balaban J connectivity index is 1.45. The molecule has 23 nitrogen and oxygen atoms in total. The Hall–Kier alpha value is -4.00. The van der Waals surface area contributed by atoms with Crippen molar-refractivity contribution >= 4 is 52.2 Å². The number of nitrogens with two attached hydrogens (primary N) is 1. The van der Waals surface area contributed by atoms with Crippen LogP contribution in [0.4, 0.5) is 16.4 Å². The number of H-pyrrole nitrogens is 1. The van der Waals surface area contributed by atoms with Crippen LogP contribution in [0.1, 0.15) is 49.3 Å². The lowest BCUT2D eigenvalue weighted by Crippen LogP contribution is -2.26. The number of phosphoric acid groups is 3. The molecule has 0 spiro atoms. The Morgan fingerprint density at radius 2 is 1.96 bits per heavy atom. The third-order valence-corrected chi connectivity index (χ3v) is 11.1. The molecule has 3 heterocycles. The monoisotopic (exact) mass is 793 g/mol. The van der Waals surface area contributed by atoms with E-state index in [0.717, 1.165) is 5.56 Å². The Bertz CT molecular complexity index is 2110. The largest absolute Gasteiger partial charge is 0.490 e. The lowest BCUT2D eigenvalue weighted by Gasteiger charge is -2.20. The molecule has 3 aromatic rings. The summed E-state index contributed by atoms with van der Waals surface area (Å²) in [5.41, 5.74) is 6.04. The van der Waals surface area contributed by atoms with E-state index >= 15 is 0 Å². The number of amides is 1. The molecule has 2 aromatic heterocycles. The molecule has 1 fully saturated rings. The highest BCUT2D eigenvalue weighted by molar-refractivity contribution is 7.66. The molecule has 1 aromatic carbocycles. The van der Waals surface area contributed by atoms with Crippen LogP contribution in [0.2, 0.25) is 0 Å². The second-order valence-electron chi connectivity index (χ2n) is 11.2. The number of nitro groups is 1. The fraction of sp³-hybridized carbons (Fsp3) is 0.423. The summed E-state index contributed by atoms with van der Waals surface area (Å²) in [6, 6.07) is 4.48. The first-order chi connectivity index (χ1) is 24.2. The molecule has 1 aliphatic rings. The van der Waals surface area contributed by atoms with Crippen molar-refractivity contribution in [3.8, 4) is 11.8 Å². The Morgan fingerprint density at radius 3 is 2.62 bits per heavy atom. The van der Waals surface area contributed by atoms with E-state index in [2.05, 4.69) is 41.1 Å². The minimum atomic E-state index is -5.72. The van der Waals surface area contributed by atoms with Gasteiger partial charge in [-0.05, 0) is 37.9 Å². The number of phosphoric ester groups is 1. The molecule has 6 atom stereocenters. The summed E-state index contributed by atoms with van der Waals surface area (Å²) in [5, 5.41) is 16.9. The van der Waals surface area contributed by atoms with Gasteiger partial charge in [-0.15, -0.1) is 0 Å². The molecule has 1 saturated heterocycles. The summed E-state index contributed by atoms with van der Waals surface area (Å²) in [7, 11) is -15.0. The number of benzene rings is 1. The third-order valence-electron chi connectivity index (χ3n) is 7.30. The molecular weight excluding hydrogens is 759 g/mol. The maximum atomic E-state index is 12.9. The molecule has 1 aliphatic heterocycles. The molecule has 0 saturated carbocycles. The maximum absolute atomic E-state index is 12.9. The summed E-state index contributed by atoms with van der Waals surface area (Å²) >= 11 is 0. The minimum Gasteiger partial charge on any atom is -0.441 e. The molecule has 4 rings (SSSR count). The lowest BCUT2D eigenvalue weighted by atomic mass is 10.0. The van der Waals surface area contributed by atoms with Crippen molar-refractivity contribution < 1.29 is 65.6 Å². The van der Waals surface area contributed by atoms with E-state index in [1.54, 1.807) is 26.1 Å². The number of ether oxygens (including phenoxy) is 2. The van der Waals surface area contributed by atoms with E-state index in [9.17, 15) is 43.2 Å². The molecule has 0 bridgehead atoms. The van der Waals surface area contributed by atoms with Gasteiger partial charge in [0.15, 0.2) is 5.65 Å². The van der Waals surface area contributed by atoms with Gasteiger partial charge in [0.1, 0.15) is 12.3 Å². The van der Waals surface area contributed by atoms with Gasteiger partial charge in [-0.25, -0.2) is 18.5 Å². The molecule has 52 heavy (non-hydrogen) atoms. The number of carbonyl (C=O) groups is 1. The smallest absolute Gasteiger partial charge is 0.441 e. The first-order valence-corrected chi connectivity index (χ1v) is 19.4. The zero-order chi connectivity index (χ0) is 38.6. The van der Waals surface area contributed by atoms with Crippen molar-refractivity contribution in [2.45, 2.75) is 45.2 Å². The summed E-state index contributed by atoms with van der Waals surface area (Å²) in [6.07, 6.45) is -2.08. The second-order valence-corrected chi connectivity index (χ2v) is 15.6. The predicted molar refractivity (Wildman–Crippen MR) is 178 cm³/mol. The van der Waals surface area contributed by atoms with Gasteiger partial charge in [-0.2, -0.15) is 13.6 Å². The molecular formula is C26H34N7O16P3. The molecule has 1 amide bonds. The zero-order valence-electron chi connectivity index (χ0n) is 27.4. The van der Waals surface area contributed by atoms with Crippen LogP contribution >= 0.6 is 23.5 Å². The number of hydrogen-bond acceptors (Lipinski definition) is 15. The Kier molecular flexibility index (Phi) is 12.8. The van der Waals surface area contributed by atoms with Crippen LogP contribution in [0.5, 0.6) is 0 Å². The van der Waals surface area contributed by atoms with Gasteiger partial charge >= 0.3 is 29.6 Å². The minimum absolute atomic E-state index is 0.0135. The number of nitrogens with zero attached hydrogens (tertiary/aromatic N) is 3. The van der Waals surface area contributed by atoms with Gasteiger partial charge < -0.3 is 50.0 Å². The highest BCUT2D eigenvalue weighted by Crippen LogP contribution is 2.66. The van der Waals surface area contributed by atoms with E-state index in [-0.39, 0.29) is 46.8 Å². The number of aromatic nitrogens is 3. The van der Waals surface area contributed by atoms with E-state index < -0.39 is 71.0 Å². The van der Waals surface area contributed by atoms with Crippen molar-refractivity contribution in [1.29, 1.82) is 0 Å². The fourth-order valence-electron chi connectivity index (χ4n) is 5.13. The van der Waals surface area contributed by atoms with E-state index in [1.165, 1.54) is 23.8 Å². The normalized spacial score (nSPS) is 20.3. The first kappa shape index (κ1) is 40.8. The number of carbonyl (C=O) groups excluding carboxylic acids is 1. The summed E-state index contributed by atoms with van der Waals surface area (Å²) in [5.74, 6) is 4.80. The number of rotatable bonds is 14. The molecule has 284 valence electrons. The lowest BCUT2D eigenvalue weighted by molar-refractivity contribution is -0.386. The predicted octanol–water partition coefficient (Wildman–Crippen LogP) is 2.04. The fourth-order valence-corrected chi connectivity index (χ4v) is 8.16. The number of alkyl carbamates (subject to hydrolysis) is 1.